The molecule has 2 heterocycles. The van der Waals surface area contributed by atoms with Gasteiger partial charge >= 0.3 is 24.1 Å². The van der Waals surface area contributed by atoms with Crippen molar-refractivity contribution in [2.45, 2.75) is 104 Å². The number of sulfonamides is 1. The van der Waals surface area contributed by atoms with Gasteiger partial charge in [0.1, 0.15) is 12.4 Å². The van der Waals surface area contributed by atoms with Crippen molar-refractivity contribution in [3.63, 3.8) is 0 Å². The molecule has 107 heavy (non-hydrogen) atoms. The third kappa shape index (κ3) is 32.5. The molecule has 600 valence electrons. The van der Waals surface area contributed by atoms with Gasteiger partial charge in [-0.3, -0.25) is 0 Å². The molecule has 0 spiro atoms. The lowest BCUT2D eigenvalue weighted by Crippen LogP contribution is -2.55. The zero-order valence-electron chi connectivity index (χ0n) is 61.3. The first-order valence-corrected chi connectivity index (χ1v) is 41.0. The predicted molar refractivity (Wildman–Crippen MR) is 412 cm³/mol. The second kappa shape index (κ2) is 48.4. The number of aliphatic hydroxyl groups is 4. The van der Waals surface area contributed by atoms with Crippen LogP contribution < -0.4 is 57.7 Å². The first kappa shape index (κ1) is 90.5. The number of aliphatic hydroxyl groups excluding tert-OH is 4. The molecule has 2 aliphatic rings. The molecule has 36 heteroatoms. The smallest absolute Gasteiger partial charge is 0.315 e. The molecule has 4 aromatic carbocycles. The monoisotopic (exact) mass is 1620 g/mol. The summed E-state index contributed by atoms with van der Waals surface area (Å²) in [5.41, 5.74) is 10.2. The van der Waals surface area contributed by atoms with E-state index < -0.39 is 81.3 Å². The van der Waals surface area contributed by atoms with E-state index in [1.165, 1.54) is 6.07 Å². The lowest BCUT2D eigenvalue weighted by molar-refractivity contribution is -0.0635. The van der Waals surface area contributed by atoms with Crippen molar-refractivity contribution in [3.8, 4) is 0 Å². The van der Waals surface area contributed by atoms with Crippen molar-refractivity contribution in [2.24, 2.45) is 5.73 Å². The van der Waals surface area contributed by atoms with Gasteiger partial charge < -0.3 is 107 Å². The first-order chi connectivity index (χ1) is 51.3. The quantitative estimate of drug-likeness (QED) is 0.0217. The number of hydrogen-bond donors (Lipinski definition) is 15. The van der Waals surface area contributed by atoms with Gasteiger partial charge in [-0.15, -0.1) is 4.72 Å². The second-order valence-electron chi connectivity index (χ2n) is 26.3. The van der Waals surface area contributed by atoms with Gasteiger partial charge in [-0.25, -0.2) is 32.3 Å². The molecule has 0 aliphatic carbocycles. The van der Waals surface area contributed by atoms with Crippen molar-refractivity contribution < 1.29 is 80.7 Å². The van der Waals surface area contributed by atoms with E-state index in [0.717, 1.165) is 39.9 Å². The van der Waals surface area contributed by atoms with E-state index in [-0.39, 0.29) is 148 Å². The average Bonchev–Trinajstić information content (AvgIpc) is 0.778. The summed E-state index contributed by atoms with van der Waals surface area (Å²) in [4.78, 5) is 57.6. The van der Waals surface area contributed by atoms with E-state index in [4.69, 9.17) is 80.6 Å². The van der Waals surface area contributed by atoms with Crippen LogP contribution in [0.5, 0.6) is 0 Å². The fraction of sp³-hybridized carbons (Fsp3) is 0.606. The summed E-state index contributed by atoms with van der Waals surface area (Å²) in [7, 11) is -2.50. The van der Waals surface area contributed by atoms with Gasteiger partial charge in [0.25, 0.3) is 0 Å². The molecule has 0 aromatic heterocycles. The summed E-state index contributed by atoms with van der Waals surface area (Å²) < 4.78 is 79.8. The minimum atomic E-state index is -3.88. The summed E-state index contributed by atoms with van der Waals surface area (Å²) in [6, 6.07) is 19.7. The largest absolute Gasteiger partial charge is 0.396 e. The average molecular weight is 1620 g/mol. The maximum Gasteiger partial charge on any atom is 0.315 e. The molecule has 0 fully saturated rings. The number of carbonyl (C=O) groups excluding carboxylic acids is 4. The van der Waals surface area contributed by atoms with Gasteiger partial charge in [-0.2, -0.15) is 0 Å². The summed E-state index contributed by atoms with van der Waals surface area (Å²) in [6.45, 7) is 6.42. The van der Waals surface area contributed by atoms with E-state index in [2.05, 4.69) is 61.8 Å². The molecular formula is C71H110Cl4N13O17S2+. The third-order valence-electron chi connectivity index (χ3n) is 17.8. The van der Waals surface area contributed by atoms with Crippen molar-refractivity contribution in [1.29, 1.82) is 0 Å². The molecule has 0 radical (unpaired) electrons. The van der Waals surface area contributed by atoms with Crippen LogP contribution in [0.1, 0.15) is 90.2 Å². The van der Waals surface area contributed by atoms with Gasteiger partial charge in [0.2, 0.25) is 10.0 Å². The van der Waals surface area contributed by atoms with Crippen LogP contribution in [0.4, 0.5) is 19.2 Å². The van der Waals surface area contributed by atoms with E-state index in [0.29, 0.717) is 96.8 Å². The Bertz CT molecular complexity index is 3550. The normalized spacial score (nSPS) is 16.6. The number of nitrogens with zero attached hydrogens (tertiary/aromatic N) is 2. The van der Waals surface area contributed by atoms with Crippen LogP contribution in [0, 0.1) is 0 Å². The third-order valence-corrected chi connectivity index (χ3v) is 22.3. The molecule has 0 saturated heterocycles. The van der Waals surface area contributed by atoms with Crippen molar-refractivity contribution in [3.05, 3.63) is 126 Å². The second-order valence-corrected chi connectivity index (χ2v) is 32.2. The van der Waals surface area contributed by atoms with Crippen LogP contribution in [0.25, 0.3) is 0 Å². The highest BCUT2D eigenvalue weighted by Gasteiger charge is 2.35. The molecular weight excluding hydrogens is 1510 g/mol. The van der Waals surface area contributed by atoms with Crippen LogP contribution in [0.3, 0.4) is 0 Å². The van der Waals surface area contributed by atoms with Gasteiger partial charge in [0, 0.05) is 129 Å². The molecule has 8 amide bonds. The Morgan fingerprint density at radius 1 is 0.561 bits per heavy atom. The SMILES string of the molecule is CN1Cc2c(Cl)cc(Cl)cc2[C@H](c2cccc(S(=O)(=O)NCCOCCOCCNC(=O)NCCCC(CCCNC(=O)NCCOCCOCCN)(CCCNC(=O)NCCOCCOCCN[S+](C)(=O)c3cccc([C@@H]4CN(C)Cc5c(Cl)cc(Cl)cc54)c3)NC(=O)NC[C@H](O)[C@@H](O)[C@H](O)CCO)c2)C1. The number of rotatable bonds is 51. The highest BCUT2D eigenvalue weighted by molar-refractivity contribution is 8.00. The molecule has 6 rings (SSSR count). The van der Waals surface area contributed by atoms with Crippen molar-refractivity contribution >= 4 is 90.7 Å². The molecule has 0 saturated carbocycles. The number of nitrogens with two attached hydrogens (primary N) is 1. The number of benzene rings is 4. The molecule has 4 aromatic rings. The zero-order valence-corrected chi connectivity index (χ0v) is 65.9. The van der Waals surface area contributed by atoms with E-state index in [1.54, 1.807) is 30.5 Å². The Balaban J connectivity index is 0.924. The number of likely N-dealkylation sites (N-methyl/N-ethyl adjacent to an activating group) is 2. The lowest BCUT2D eigenvalue weighted by Gasteiger charge is -2.36. The highest BCUT2D eigenvalue weighted by atomic mass is 35.5. The number of hydrogen-bond acceptors (Lipinski definition) is 20. The van der Waals surface area contributed by atoms with E-state index in [1.807, 2.05) is 56.6 Å². The standard InChI is InChI=1S/C71H109Cl4N13O17S2/c1-87-46-58(56-41-52(72)43-62(74)60(56)48-87)50-9-4-11-54(39-50)106(3,97)84-24-31-104-37-35-102-29-22-81-68(94)78-19-7-15-71(86-70(96)83-45-65(91)66(92)64(90)13-26-89,14-6-18-77-67(93)80-21-28-101-34-33-100-27-17-76)16-8-20-79-69(95)82-23-30-103-36-38-105-32-25-85-107(98,99)55-12-5-10-51(40-55)59-47-88(2)49-61-57(59)42-53(73)44-63(61)75/h4-5,9-12,39-44,58-59,64-66,85,89-92H,6-8,13-38,45-49,76H2,1-3H3,(H8-,77,78,79,80,81,82,83,84,86,93,94,95,96,97)/p+1/t58-,59-,64+,65-,66-,71?,106?/m0/s1. The molecule has 2 aliphatic heterocycles. The first-order valence-electron chi connectivity index (χ1n) is 36.0. The Morgan fingerprint density at radius 2 is 0.991 bits per heavy atom. The maximum absolute atomic E-state index is 13.9. The summed E-state index contributed by atoms with van der Waals surface area (Å²) in [6.07, 6.45) is -1.44. The summed E-state index contributed by atoms with van der Waals surface area (Å²) in [5, 5.41) is 65.1. The van der Waals surface area contributed by atoms with Crippen LogP contribution in [-0.2, 0) is 65.9 Å². The summed E-state index contributed by atoms with van der Waals surface area (Å²) >= 11 is 26.0. The fourth-order valence-electron chi connectivity index (χ4n) is 12.4. The number of nitrogens with one attached hydrogen (secondary N) is 10. The topological polar surface area (TPSA) is 409 Å². The van der Waals surface area contributed by atoms with Crippen LogP contribution in [-0.4, -0.2) is 271 Å². The zero-order chi connectivity index (χ0) is 77.6. The van der Waals surface area contributed by atoms with Gasteiger partial charge in [0.05, 0.1) is 103 Å². The van der Waals surface area contributed by atoms with Crippen LogP contribution in [0.15, 0.2) is 82.6 Å². The highest BCUT2D eigenvalue weighted by Crippen LogP contribution is 2.41. The minimum Gasteiger partial charge on any atom is -0.396 e. The number of halogens is 4. The van der Waals surface area contributed by atoms with E-state index in [9.17, 15) is 52.2 Å². The van der Waals surface area contributed by atoms with Crippen LogP contribution >= 0.6 is 46.4 Å². The van der Waals surface area contributed by atoms with Crippen molar-refractivity contribution in [2.75, 3.05) is 185 Å². The Kier molecular flexibility index (Phi) is 40.9. The molecule has 16 N–H and O–H groups in total. The van der Waals surface area contributed by atoms with Gasteiger partial charge in [-0.05, 0) is 141 Å². The fourth-order valence-corrected chi connectivity index (χ4v) is 16.0. The number of ether oxygens (including phenoxy) is 6. The van der Waals surface area contributed by atoms with Gasteiger partial charge in [-0.1, -0.05) is 74.9 Å². The number of carbonyl (C=O) groups is 4. The van der Waals surface area contributed by atoms with Crippen molar-refractivity contribution in [1.82, 2.24) is 61.8 Å². The Morgan fingerprint density at radius 3 is 1.46 bits per heavy atom. The molecule has 30 nitrogen and oxygen atoms in total. The Labute approximate surface area is 649 Å². The molecule has 0 bridgehead atoms. The van der Waals surface area contributed by atoms with Crippen LogP contribution in [0.2, 0.25) is 20.1 Å². The predicted octanol–water partition coefficient (Wildman–Crippen LogP) is 4.23. The minimum absolute atomic E-state index is 0.00801. The summed E-state index contributed by atoms with van der Waals surface area (Å²) in [5.74, 6) is -0.151. The lowest BCUT2D eigenvalue weighted by atomic mass is 9.83. The van der Waals surface area contributed by atoms with E-state index >= 15 is 0 Å². The number of amides is 8. The maximum atomic E-state index is 13.9. The molecule has 2 unspecified atom stereocenters. The number of fused-ring (bicyclic) bond motifs is 2. The Hall–Kier alpha value is -5.38. The van der Waals surface area contributed by atoms with Gasteiger partial charge in [0.15, 0.2) is 15.0 Å². The number of urea groups is 4. The molecule has 7 atom stereocenters.